The van der Waals surface area contributed by atoms with Crippen molar-refractivity contribution in [2.75, 3.05) is 13.1 Å². The van der Waals surface area contributed by atoms with Gasteiger partial charge in [-0.2, -0.15) is 0 Å². The zero-order valence-corrected chi connectivity index (χ0v) is 21.8. The molecule has 190 valence electrons. The highest BCUT2D eigenvalue weighted by molar-refractivity contribution is 5.90. The van der Waals surface area contributed by atoms with Crippen LogP contribution < -0.4 is 10.6 Å². The average molecular weight is 468 g/mol. The summed E-state index contributed by atoms with van der Waals surface area (Å²) in [5.74, 6) is 0.676. The lowest BCUT2D eigenvalue weighted by molar-refractivity contribution is -0.138. The molecular weight excluding hydrogens is 422 g/mol. The highest BCUT2D eigenvalue weighted by Gasteiger charge is 2.58. The van der Waals surface area contributed by atoms with E-state index in [1.165, 1.54) is 4.90 Å². The smallest absolute Gasteiger partial charge is 0.408 e. The number of allylic oxidation sites excluding steroid dienone is 1. The lowest BCUT2D eigenvalue weighted by Gasteiger charge is -2.27. The van der Waals surface area contributed by atoms with Crippen LogP contribution in [0.15, 0.2) is 11.8 Å². The number of aliphatic hydroxyl groups is 1. The number of carbonyl (C=O) groups excluding carboxylic acids is 3. The Labute approximate surface area is 199 Å². The minimum Gasteiger partial charge on any atom is -0.510 e. The molecule has 3 amide bonds. The molecule has 1 aliphatic carbocycles. The van der Waals surface area contributed by atoms with Crippen molar-refractivity contribution in [3.63, 3.8) is 0 Å². The normalized spacial score (nSPS) is 24.6. The van der Waals surface area contributed by atoms with Gasteiger partial charge in [0.25, 0.3) is 0 Å². The standard InChI is InChI=1S/C21H35N3O5.C4H10/c1-6-9-16(25)21(12-14(21)7-2)23-18(27)15-10-8-11-24(15)17(26)13-22-19(28)29-20(3,4)5;1-4(2)3/h9,14-15,25H,6-8,10-13H2,1-5H3,(H,22,28)(H,23,27);4H,1-3H3/b16-9+;. The van der Waals surface area contributed by atoms with Gasteiger partial charge in [0.15, 0.2) is 0 Å². The second-order valence-corrected chi connectivity index (χ2v) is 10.6. The molecule has 0 aromatic carbocycles. The van der Waals surface area contributed by atoms with Crippen LogP contribution in [0.2, 0.25) is 0 Å². The van der Waals surface area contributed by atoms with E-state index in [4.69, 9.17) is 4.74 Å². The average Bonchev–Trinajstić information content (AvgIpc) is 3.17. The van der Waals surface area contributed by atoms with E-state index in [1.807, 2.05) is 13.8 Å². The minimum atomic E-state index is -0.700. The molecule has 3 atom stereocenters. The number of nitrogens with one attached hydrogen (secondary N) is 2. The summed E-state index contributed by atoms with van der Waals surface area (Å²) < 4.78 is 5.14. The molecule has 0 aromatic rings. The van der Waals surface area contributed by atoms with Crippen LogP contribution in [0.4, 0.5) is 4.79 Å². The number of hydrogen-bond donors (Lipinski definition) is 3. The van der Waals surface area contributed by atoms with Gasteiger partial charge in [-0.1, -0.05) is 41.0 Å². The van der Waals surface area contributed by atoms with E-state index in [0.717, 1.165) is 18.8 Å². The molecule has 8 heteroatoms. The molecule has 8 nitrogen and oxygen atoms in total. The molecule has 3 unspecified atom stereocenters. The van der Waals surface area contributed by atoms with E-state index in [9.17, 15) is 19.5 Å². The molecule has 2 aliphatic rings. The Kier molecular flexibility index (Phi) is 10.7. The van der Waals surface area contributed by atoms with Crippen molar-refractivity contribution in [2.45, 2.75) is 105 Å². The first-order valence-corrected chi connectivity index (χ1v) is 12.2. The van der Waals surface area contributed by atoms with Crippen LogP contribution in [-0.4, -0.2) is 58.2 Å². The van der Waals surface area contributed by atoms with Gasteiger partial charge < -0.3 is 25.4 Å². The number of alkyl carbamates (subject to hydrolysis) is 1. The van der Waals surface area contributed by atoms with E-state index in [0.29, 0.717) is 25.8 Å². The molecule has 0 aromatic heterocycles. The SMILES string of the molecule is CC(C)C.CC/C=C(/O)C1(NC(=O)C2CCCN2C(=O)CNC(=O)OC(C)(C)C)CC1CC. The molecule has 3 N–H and O–H groups in total. The van der Waals surface area contributed by atoms with Crippen molar-refractivity contribution in [3.8, 4) is 0 Å². The molecular formula is C25H45N3O5. The summed E-state index contributed by atoms with van der Waals surface area (Å²) >= 11 is 0. The zero-order valence-electron chi connectivity index (χ0n) is 21.8. The number of amides is 3. The minimum absolute atomic E-state index is 0.202. The maximum Gasteiger partial charge on any atom is 0.408 e. The highest BCUT2D eigenvalue weighted by atomic mass is 16.6. The Hall–Kier alpha value is -2.25. The van der Waals surface area contributed by atoms with Crippen LogP contribution in [-0.2, 0) is 14.3 Å². The van der Waals surface area contributed by atoms with Crippen molar-refractivity contribution >= 4 is 17.9 Å². The van der Waals surface area contributed by atoms with Gasteiger partial charge in [0, 0.05) is 6.54 Å². The first-order valence-electron chi connectivity index (χ1n) is 12.2. The van der Waals surface area contributed by atoms with E-state index < -0.39 is 23.3 Å². The van der Waals surface area contributed by atoms with Gasteiger partial charge in [0.1, 0.15) is 23.9 Å². The predicted molar refractivity (Wildman–Crippen MR) is 130 cm³/mol. The number of rotatable bonds is 7. The molecule has 1 saturated carbocycles. The van der Waals surface area contributed by atoms with Gasteiger partial charge in [0.05, 0.1) is 5.54 Å². The zero-order chi connectivity index (χ0) is 25.4. The summed E-state index contributed by atoms with van der Waals surface area (Å²) in [5, 5.41) is 15.9. The lowest BCUT2D eigenvalue weighted by Crippen LogP contribution is -2.52. The van der Waals surface area contributed by atoms with Gasteiger partial charge in [0.2, 0.25) is 11.8 Å². The first-order chi connectivity index (χ1) is 15.3. The Balaban J connectivity index is 0.00000125. The van der Waals surface area contributed by atoms with Crippen LogP contribution in [0.25, 0.3) is 0 Å². The third-order valence-electron chi connectivity index (χ3n) is 5.46. The lowest BCUT2D eigenvalue weighted by atomic mass is 10.1. The number of likely N-dealkylation sites (tertiary alicyclic amines) is 1. The fraction of sp³-hybridized carbons (Fsp3) is 0.800. The van der Waals surface area contributed by atoms with Gasteiger partial charge in [-0.05, 0) is 64.4 Å². The van der Waals surface area contributed by atoms with Gasteiger partial charge in [-0.3, -0.25) is 9.59 Å². The molecule has 2 rings (SSSR count). The van der Waals surface area contributed by atoms with Crippen LogP contribution in [0.3, 0.4) is 0 Å². The molecule has 1 saturated heterocycles. The summed E-state index contributed by atoms with van der Waals surface area (Å²) in [6.07, 6.45) is 4.60. The summed E-state index contributed by atoms with van der Waals surface area (Å²) in [7, 11) is 0. The van der Waals surface area contributed by atoms with E-state index in [2.05, 4.69) is 31.4 Å². The Bertz CT molecular complexity index is 711. The van der Waals surface area contributed by atoms with E-state index >= 15 is 0 Å². The van der Waals surface area contributed by atoms with Crippen molar-refractivity contribution in [1.82, 2.24) is 15.5 Å². The Morgan fingerprint density at radius 2 is 1.82 bits per heavy atom. The molecule has 1 aliphatic heterocycles. The Morgan fingerprint density at radius 3 is 2.30 bits per heavy atom. The monoisotopic (exact) mass is 467 g/mol. The summed E-state index contributed by atoms with van der Waals surface area (Å²) in [4.78, 5) is 38.8. The maximum atomic E-state index is 13.0. The number of carbonyl (C=O) groups is 3. The fourth-order valence-corrected chi connectivity index (χ4v) is 3.93. The number of nitrogens with zero attached hydrogens (tertiary/aromatic N) is 1. The van der Waals surface area contributed by atoms with Crippen molar-refractivity contribution in [3.05, 3.63) is 11.8 Å². The van der Waals surface area contributed by atoms with Crippen molar-refractivity contribution < 1.29 is 24.2 Å². The number of ether oxygens (including phenoxy) is 1. The number of hydrogen-bond acceptors (Lipinski definition) is 5. The maximum absolute atomic E-state index is 13.0. The second kappa shape index (κ2) is 12.3. The molecule has 0 radical (unpaired) electrons. The highest BCUT2D eigenvalue weighted by Crippen LogP contribution is 2.50. The molecule has 2 fully saturated rings. The van der Waals surface area contributed by atoms with Crippen LogP contribution in [0, 0.1) is 11.8 Å². The third-order valence-corrected chi connectivity index (χ3v) is 5.46. The topological polar surface area (TPSA) is 108 Å². The molecule has 0 spiro atoms. The van der Waals surface area contributed by atoms with Crippen molar-refractivity contribution in [1.29, 1.82) is 0 Å². The van der Waals surface area contributed by atoms with Crippen molar-refractivity contribution in [2.24, 2.45) is 11.8 Å². The van der Waals surface area contributed by atoms with Gasteiger partial charge in [-0.15, -0.1) is 0 Å². The molecule has 0 bridgehead atoms. The molecule has 33 heavy (non-hydrogen) atoms. The van der Waals surface area contributed by atoms with Gasteiger partial charge >= 0.3 is 6.09 Å². The first kappa shape index (κ1) is 28.8. The Morgan fingerprint density at radius 1 is 1.21 bits per heavy atom. The van der Waals surface area contributed by atoms with E-state index in [-0.39, 0.29) is 30.0 Å². The quantitative estimate of drug-likeness (QED) is 0.484. The van der Waals surface area contributed by atoms with E-state index in [1.54, 1.807) is 26.8 Å². The number of aliphatic hydroxyl groups excluding tert-OH is 1. The summed E-state index contributed by atoms with van der Waals surface area (Å²) in [5.41, 5.74) is -1.35. The second-order valence-electron chi connectivity index (χ2n) is 10.6. The van der Waals surface area contributed by atoms with Crippen LogP contribution in [0.1, 0.15) is 87.5 Å². The fourth-order valence-electron chi connectivity index (χ4n) is 3.93. The summed E-state index contributed by atoms with van der Waals surface area (Å²) in [6.45, 7) is 15.9. The molecule has 1 heterocycles. The largest absolute Gasteiger partial charge is 0.510 e. The third kappa shape index (κ3) is 8.89. The predicted octanol–water partition coefficient (Wildman–Crippen LogP) is 4.30. The van der Waals surface area contributed by atoms with Crippen LogP contribution in [0.5, 0.6) is 0 Å². The van der Waals surface area contributed by atoms with Crippen LogP contribution >= 0.6 is 0 Å². The summed E-state index contributed by atoms with van der Waals surface area (Å²) in [6, 6.07) is -0.590. The van der Waals surface area contributed by atoms with Gasteiger partial charge in [-0.25, -0.2) is 4.79 Å².